The summed E-state index contributed by atoms with van der Waals surface area (Å²) < 4.78 is 26.3. The Morgan fingerprint density at radius 2 is 2.03 bits per heavy atom. The fourth-order valence-corrected chi connectivity index (χ4v) is 3.95. The molecule has 0 radical (unpaired) electrons. The number of hydrogen-bond acceptors (Lipinski definition) is 5. The van der Waals surface area contributed by atoms with Gasteiger partial charge >= 0.3 is 5.97 Å². The van der Waals surface area contributed by atoms with Crippen LogP contribution in [0, 0.1) is 5.82 Å². The summed E-state index contributed by atoms with van der Waals surface area (Å²) in [5.74, 6) is -1.29. The number of carboxylic acid groups (broad SMARTS) is 1. The zero-order valence-corrected chi connectivity index (χ0v) is 18.2. The number of ketones is 1. The van der Waals surface area contributed by atoms with Crippen molar-refractivity contribution in [1.29, 1.82) is 0 Å². The number of ether oxygens (including phenoxy) is 2. The third-order valence-electron chi connectivity index (χ3n) is 4.53. The van der Waals surface area contributed by atoms with Crippen molar-refractivity contribution >= 4 is 34.7 Å². The van der Waals surface area contributed by atoms with E-state index in [0.29, 0.717) is 12.4 Å². The van der Waals surface area contributed by atoms with Crippen LogP contribution >= 0.6 is 22.9 Å². The maximum absolute atomic E-state index is 14.5. The van der Waals surface area contributed by atoms with Gasteiger partial charge in [-0.05, 0) is 60.0 Å². The minimum absolute atomic E-state index is 0.0344. The van der Waals surface area contributed by atoms with E-state index in [4.69, 9.17) is 26.2 Å². The molecule has 0 aliphatic rings. The summed E-state index contributed by atoms with van der Waals surface area (Å²) in [6.07, 6.45) is -1.30. The number of benzene rings is 2. The van der Waals surface area contributed by atoms with Gasteiger partial charge in [-0.3, -0.25) is 9.59 Å². The Bertz CT molecular complexity index is 1050. The van der Waals surface area contributed by atoms with Gasteiger partial charge in [-0.1, -0.05) is 17.7 Å². The number of rotatable bonds is 10. The largest absolute Gasteiger partial charge is 0.489 e. The Hall–Kier alpha value is -2.90. The van der Waals surface area contributed by atoms with E-state index in [-0.39, 0.29) is 40.5 Å². The normalized spacial score (nSPS) is 11.7. The lowest BCUT2D eigenvalue weighted by atomic mass is 10.0. The van der Waals surface area contributed by atoms with E-state index in [1.54, 1.807) is 29.5 Å². The highest BCUT2D eigenvalue weighted by molar-refractivity contribution is 7.07. The molecule has 162 valence electrons. The molecule has 8 heteroatoms. The molecule has 31 heavy (non-hydrogen) atoms. The summed E-state index contributed by atoms with van der Waals surface area (Å²) in [6, 6.07) is 10.9. The Labute approximate surface area is 188 Å². The first-order valence-electron chi connectivity index (χ1n) is 9.46. The second-order valence-electron chi connectivity index (χ2n) is 6.81. The van der Waals surface area contributed by atoms with Gasteiger partial charge in [0, 0.05) is 18.1 Å². The molecule has 1 atom stereocenters. The number of halogens is 2. The molecule has 2 aromatic carbocycles. The molecule has 0 saturated heterocycles. The van der Waals surface area contributed by atoms with Crippen LogP contribution in [-0.2, 0) is 11.4 Å². The minimum Gasteiger partial charge on any atom is -0.489 e. The molecule has 0 amide bonds. The number of aliphatic carboxylic acids is 1. The van der Waals surface area contributed by atoms with E-state index < -0.39 is 17.9 Å². The van der Waals surface area contributed by atoms with Gasteiger partial charge in [-0.15, -0.1) is 0 Å². The predicted molar refractivity (Wildman–Crippen MR) is 117 cm³/mol. The lowest BCUT2D eigenvalue weighted by Crippen LogP contribution is -2.14. The van der Waals surface area contributed by atoms with Crippen LogP contribution in [0.2, 0.25) is 5.02 Å². The first kappa shape index (κ1) is 22.8. The molecule has 0 aliphatic carbocycles. The van der Waals surface area contributed by atoms with Gasteiger partial charge in [0.05, 0.1) is 10.6 Å². The first-order chi connectivity index (χ1) is 14.8. The van der Waals surface area contributed by atoms with Gasteiger partial charge in [0.1, 0.15) is 30.0 Å². The van der Waals surface area contributed by atoms with Crippen molar-refractivity contribution in [3.05, 3.63) is 80.8 Å². The zero-order valence-electron chi connectivity index (χ0n) is 16.6. The van der Waals surface area contributed by atoms with Crippen molar-refractivity contribution in [2.24, 2.45) is 0 Å². The van der Waals surface area contributed by atoms with E-state index in [1.807, 2.05) is 16.8 Å². The summed E-state index contributed by atoms with van der Waals surface area (Å²) >= 11 is 7.74. The number of carboxylic acids is 1. The third kappa shape index (κ3) is 6.06. The number of Topliss-reactive ketones (excluding diaryl/α,β-unsaturated/α-hetero) is 1. The standard InChI is InChI=1S/C23H20ClFO5S/c1-14(26)17-6-5-16(29-12-15-9-10-31-13-15)11-21(17)30-20(7-8-22(27)28)23-18(24)3-2-4-19(23)25/h2-6,9-11,13,20H,7-8,12H2,1H3,(H,27,28)/t20-/m0/s1. The van der Waals surface area contributed by atoms with Crippen molar-refractivity contribution in [1.82, 2.24) is 0 Å². The third-order valence-corrected chi connectivity index (χ3v) is 5.59. The fraction of sp³-hybridized carbons (Fsp3) is 0.217. The van der Waals surface area contributed by atoms with Crippen LogP contribution < -0.4 is 9.47 Å². The Morgan fingerprint density at radius 3 is 2.68 bits per heavy atom. The molecular formula is C23H20ClFO5S. The number of hydrogen-bond donors (Lipinski definition) is 1. The highest BCUT2D eigenvalue weighted by Gasteiger charge is 2.24. The molecule has 0 saturated carbocycles. The van der Waals surface area contributed by atoms with Crippen LogP contribution in [0.1, 0.15) is 47.4 Å². The minimum atomic E-state index is -1.05. The average molecular weight is 463 g/mol. The van der Waals surface area contributed by atoms with Crippen LogP contribution in [0.15, 0.2) is 53.2 Å². The number of thiophene rings is 1. The van der Waals surface area contributed by atoms with Gasteiger partial charge in [0.2, 0.25) is 0 Å². The molecule has 3 aromatic rings. The number of carbonyl (C=O) groups excluding carboxylic acids is 1. The van der Waals surface area contributed by atoms with Gasteiger partial charge in [0.25, 0.3) is 0 Å². The van der Waals surface area contributed by atoms with Crippen LogP contribution in [0.3, 0.4) is 0 Å². The second kappa shape index (κ2) is 10.4. The molecule has 0 spiro atoms. The highest BCUT2D eigenvalue weighted by atomic mass is 35.5. The van der Waals surface area contributed by atoms with Crippen molar-refractivity contribution in [2.45, 2.75) is 32.5 Å². The van der Waals surface area contributed by atoms with E-state index in [9.17, 15) is 14.0 Å². The Morgan fingerprint density at radius 1 is 1.23 bits per heavy atom. The summed E-state index contributed by atoms with van der Waals surface area (Å²) in [7, 11) is 0. The topological polar surface area (TPSA) is 72.8 Å². The van der Waals surface area contributed by atoms with Crippen molar-refractivity contribution in [3.8, 4) is 11.5 Å². The van der Waals surface area contributed by atoms with E-state index in [1.165, 1.54) is 25.1 Å². The Balaban J connectivity index is 1.93. The molecular weight excluding hydrogens is 443 g/mol. The predicted octanol–water partition coefficient (Wildman–Crippen LogP) is 6.31. The van der Waals surface area contributed by atoms with Gasteiger partial charge in [-0.25, -0.2) is 4.39 Å². The summed E-state index contributed by atoms with van der Waals surface area (Å²) in [6.45, 7) is 1.72. The van der Waals surface area contributed by atoms with Gasteiger partial charge in [-0.2, -0.15) is 11.3 Å². The molecule has 0 aliphatic heterocycles. The van der Waals surface area contributed by atoms with Gasteiger partial charge in [0.15, 0.2) is 5.78 Å². The molecule has 0 fully saturated rings. The molecule has 1 N–H and O–H groups in total. The monoisotopic (exact) mass is 462 g/mol. The Kier molecular flexibility index (Phi) is 7.65. The highest BCUT2D eigenvalue weighted by Crippen LogP contribution is 2.36. The fourth-order valence-electron chi connectivity index (χ4n) is 3.01. The van der Waals surface area contributed by atoms with Crippen molar-refractivity contribution < 1.29 is 28.6 Å². The van der Waals surface area contributed by atoms with E-state index in [0.717, 1.165) is 5.56 Å². The van der Waals surface area contributed by atoms with E-state index in [2.05, 4.69) is 0 Å². The van der Waals surface area contributed by atoms with Crippen LogP contribution in [0.5, 0.6) is 11.5 Å². The quantitative estimate of drug-likeness (QED) is 0.357. The molecule has 1 heterocycles. The van der Waals surface area contributed by atoms with Crippen LogP contribution in [0.25, 0.3) is 0 Å². The SMILES string of the molecule is CC(=O)c1ccc(OCc2ccsc2)cc1O[C@@H](CCC(=O)O)c1c(F)cccc1Cl. The summed E-state index contributed by atoms with van der Waals surface area (Å²) in [5, 5.41) is 13.1. The lowest BCUT2D eigenvalue weighted by molar-refractivity contribution is -0.137. The van der Waals surface area contributed by atoms with E-state index >= 15 is 0 Å². The summed E-state index contributed by atoms with van der Waals surface area (Å²) in [5.41, 5.74) is 1.32. The van der Waals surface area contributed by atoms with Crippen LogP contribution in [0.4, 0.5) is 4.39 Å². The smallest absolute Gasteiger partial charge is 0.303 e. The maximum Gasteiger partial charge on any atom is 0.303 e. The molecule has 0 unspecified atom stereocenters. The second-order valence-corrected chi connectivity index (χ2v) is 8.00. The lowest BCUT2D eigenvalue weighted by Gasteiger charge is -2.22. The number of carbonyl (C=O) groups is 2. The first-order valence-corrected chi connectivity index (χ1v) is 10.8. The molecule has 5 nitrogen and oxygen atoms in total. The van der Waals surface area contributed by atoms with Crippen molar-refractivity contribution in [2.75, 3.05) is 0 Å². The van der Waals surface area contributed by atoms with Gasteiger partial charge < -0.3 is 14.6 Å². The van der Waals surface area contributed by atoms with Crippen molar-refractivity contribution in [3.63, 3.8) is 0 Å². The summed E-state index contributed by atoms with van der Waals surface area (Å²) in [4.78, 5) is 23.3. The molecule has 0 bridgehead atoms. The van der Waals surface area contributed by atoms with Crippen LogP contribution in [-0.4, -0.2) is 16.9 Å². The molecule has 3 rings (SSSR count). The maximum atomic E-state index is 14.5. The molecule has 1 aromatic heterocycles. The average Bonchev–Trinajstić information content (AvgIpc) is 3.23. The zero-order chi connectivity index (χ0) is 22.4.